The van der Waals surface area contributed by atoms with Crippen LogP contribution in [-0.2, 0) is 24.5 Å². The van der Waals surface area contributed by atoms with Gasteiger partial charge in [-0.15, -0.1) is 0 Å². The molecule has 1 N–H and O–H groups in total. The summed E-state index contributed by atoms with van der Waals surface area (Å²) in [6.45, 7) is 3.53. The fourth-order valence-electron chi connectivity index (χ4n) is 2.60. The lowest BCUT2D eigenvalue weighted by molar-refractivity contribution is -0.122. The Morgan fingerprint density at radius 1 is 1.26 bits per heavy atom. The average molecular weight is 359 g/mol. The second-order valence-corrected chi connectivity index (χ2v) is 10.6. The van der Waals surface area contributed by atoms with Crippen LogP contribution < -0.4 is 5.32 Å². The summed E-state index contributed by atoms with van der Waals surface area (Å²) in [5.41, 5.74) is 0.154. The second kappa shape index (κ2) is 6.24. The minimum absolute atomic E-state index is 0.0471. The standard InChI is InChI=1S/C15H21NO5S2/c1-12-3-5-13(6-4-12)23(20,21)9-7-14(17)16-15(2)8-10-22(18,19)11-15/h3-6H,7-11H2,1-2H3,(H,16,17). The number of benzene rings is 1. The van der Waals surface area contributed by atoms with Gasteiger partial charge in [0.1, 0.15) is 0 Å². The summed E-state index contributed by atoms with van der Waals surface area (Å²) in [6, 6.07) is 6.45. The van der Waals surface area contributed by atoms with E-state index in [4.69, 9.17) is 0 Å². The monoisotopic (exact) mass is 359 g/mol. The number of hydrogen-bond donors (Lipinski definition) is 1. The van der Waals surface area contributed by atoms with Crippen molar-refractivity contribution in [2.24, 2.45) is 0 Å². The molecule has 0 aliphatic carbocycles. The number of nitrogens with one attached hydrogen (secondary N) is 1. The minimum Gasteiger partial charge on any atom is -0.350 e. The molecule has 2 rings (SSSR count). The van der Waals surface area contributed by atoms with Gasteiger partial charge >= 0.3 is 0 Å². The Bertz CT molecular complexity index is 797. The highest BCUT2D eigenvalue weighted by molar-refractivity contribution is 7.91. The van der Waals surface area contributed by atoms with Crippen molar-refractivity contribution in [2.75, 3.05) is 17.3 Å². The molecule has 0 saturated carbocycles. The van der Waals surface area contributed by atoms with Gasteiger partial charge in [0.05, 0.1) is 27.7 Å². The molecular weight excluding hydrogens is 338 g/mol. The molecule has 1 aromatic carbocycles. The van der Waals surface area contributed by atoms with Gasteiger partial charge in [0.15, 0.2) is 19.7 Å². The molecule has 0 aromatic heterocycles. The number of carbonyl (C=O) groups excluding carboxylic acids is 1. The predicted octanol–water partition coefficient (Wildman–Crippen LogP) is 0.852. The molecule has 1 aromatic rings. The number of carbonyl (C=O) groups is 1. The van der Waals surface area contributed by atoms with Gasteiger partial charge in [-0.1, -0.05) is 17.7 Å². The SMILES string of the molecule is Cc1ccc(S(=O)(=O)CCC(=O)NC2(C)CCS(=O)(=O)C2)cc1. The molecular formula is C15H21NO5S2. The molecule has 1 aliphatic heterocycles. The van der Waals surface area contributed by atoms with Crippen LogP contribution in [0.15, 0.2) is 29.2 Å². The third-order valence-electron chi connectivity index (χ3n) is 3.92. The van der Waals surface area contributed by atoms with Crippen LogP contribution in [0.3, 0.4) is 0 Å². The summed E-state index contributed by atoms with van der Waals surface area (Å²) in [4.78, 5) is 12.2. The number of sulfone groups is 2. The van der Waals surface area contributed by atoms with Crippen molar-refractivity contribution in [2.45, 2.75) is 37.1 Å². The van der Waals surface area contributed by atoms with E-state index in [0.29, 0.717) is 6.42 Å². The Balaban J connectivity index is 1.95. The summed E-state index contributed by atoms with van der Waals surface area (Å²) in [6.07, 6.45) is 0.164. The topological polar surface area (TPSA) is 97.4 Å². The van der Waals surface area contributed by atoms with Crippen LogP contribution in [0.2, 0.25) is 0 Å². The summed E-state index contributed by atoms with van der Waals surface area (Å²) in [5.74, 6) is -0.799. The van der Waals surface area contributed by atoms with Gasteiger partial charge in [0.2, 0.25) is 5.91 Å². The summed E-state index contributed by atoms with van der Waals surface area (Å²) < 4.78 is 47.4. The van der Waals surface area contributed by atoms with Crippen molar-refractivity contribution >= 4 is 25.6 Å². The van der Waals surface area contributed by atoms with Crippen molar-refractivity contribution in [3.8, 4) is 0 Å². The smallest absolute Gasteiger partial charge is 0.221 e. The largest absolute Gasteiger partial charge is 0.350 e. The molecule has 1 unspecified atom stereocenters. The van der Waals surface area contributed by atoms with Gasteiger partial charge in [0.25, 0.3) is 0 Å². The van der Waals surface area contributed by atoms with Crippen LogP contribution in [0.1, 0.15) is 25.3 Å². The molecule has 0 spiro atoms. The highest BCUT2D eigenvalue weighted by Gasteiger charge is 2.39. The second-order valence-electron chi connectivity index (χ2n) is 6.33. The fourth-order valence-corrected chi connectivity index (χ4v) is 5.93. The summed E-state index contributed by atoms with van der Waals surface area (Å²) >= 11 is 0. The van der Waals surface area contributed by atoms with Gasteiger partial charge < -0.3 is 5.32 Å². The maximum absolute atomic E-state index is 12.2. The zero-order valence-electron chi connectivity index (χ0n) is 13.2. The Morgan fingerprint density at radius 3 is 2.39 bits per heavy atom. The molecule has 0 bridgehead atoms. The maximum atomic E-state index is 12.2. The van der Waals surface area contributed by atoms with Crippen LogP contribution in [0.25, 0.3) is 0 Å². The van der Waals surface area contributed by atoms with Crippen molar-refractivity contribution in [1.29, 1.82) is 0 Å². The Morgan fingerprint density at radius 2 is 1.87 bits per heavy atom. The first-order valence-electron chi connectivity index (χ1n) is 7.32. The van der Waals surface area contributed by atoms with E-state index >= 15 is 0 Å². The molecule has 1 atom stereocenters. The Hall–Kier alpha value is -1.41. The molecule has 1 saturated heterocycles. The van der Waals surface area contributed by atoms with Gasteiger partial charge in [-0.3, -0.25) is 4.79 Å². The van der Waals surface area contributed by atoms with E-state index in [2.05, 4.69) is 5.32 Å². The zero-order chi connectivity index (χ0) is 17.3. The number of hydrogen-bond acceptors (Lipinski definition) is 5. The molecule has 23 heavy (non-hydrogen) atoms. The van der Waals surface area contributed by atoms with Crippen molar-refractivity contribution in [3.05, 3.63) is 29.8 Å². The highest BCUT2D eigenvalue weighted by Crippen LogP contribution is 2.23. The van der Waals surface area contributed by atoms with E-state index in [0.717, 1.165) is 5.56 Å². The first kappa shape index (κ1) is 17.9. The lowest BCUT2D eigenvalue weighted by atomic mass is 10.0. The number of amides is 1. The minimum atomic E-state index is -3.53. The van der Waals surface area contributed by atoms with Crippen LogP contribution >= 0.6 is 0 Å². The third-order valence-corrected chi connectivity index (χ3v) is 7.56. The molecule has 1 amide bonds. The molecule has 6 nitrogen and oxygen atoms in total. The van der Waals surface area contributed by atoms with Crippen molar-refractivity contribution < 1.29 is 21.6 Å². The molecule has 8 heteroatoms. The zero-order valence-corrected chi connectivity index (χ0v) is 14.8. The lowest BCUT2D eigenvalue weighted by Crippen LogP contribution is -2.47. The summed E-state index contributed by atoms with van der Waals surface area (Å²) in [5, 5.41) is 2.66. The molecule has 1 heterocycles. The number of aryl methyl sites for hydroxylation is 1. The predicted molar refractivity (Wildman–Crippen MR) is 87.7 cm³/mol. The fraction of sp³-hybridized carbons (Fsp3) is 0.533. The molecule has 128 valence electrons. The van der Waals surface area contributed by atoms with Crippen LogP contribution in [0.5, 0.6) is 0 Å². The lowest BCUT2D eigenvalue weighted by Gasteiger charge is -2.23. The van der Waals surface area contributed by atoms with E-state index in [9.17, 15) is 21.6 Å². The average Bonchev–Trinajstić information content (AvgIpc) is 2.71. The van der Waals surface area contributed by atoms with E-state index in [1.807, 2.05) is 6.92 Å². The van der Waals surface area contributed by atoms with Crippen LogP contribution in [0, 0.1) is 6.92 Å². The van der Waals surface area contributed by atoms with Crippen molar-refractivity contribution in [1.82, 2.24) is 5.32 Å². The Kier molecular flexibility index (Phi) is 4.86. The Labute approximate surface area is 137 Å². The van der Waals surface area contributed by atoms with Crippen molar-refractivity contribution in [3.63, 3.8) is 0 Å². The van der Waals surface area contributed by atoms with Crippen LogP contribution in [-0.4, -0.2) is 45.5 Å². The molecule has 1 aliphatic rings. The molecule has 0 radical (unpaired) electrons. The van der Waals surface area contributed by atoms with E-state index in [1.165, 1.54) is 12.1 Å². The first-order valence-corrected chi connectivity index (χ1v) is 10.8. The quantitative estimate of drug-likeness (QED) is 0.841. The van der Waals surface area contributed by atoms with Gasteiger partial charge in [-0.05, 0) is 32.4 Å². The van der Waals surface area contributed by atoms with Gasteiger partial charge in [-0.25, -0.2) is 16.8 Å². The van der Waals surface area contributed by atoms with E-state index in [-0.39, 0.29) is 28.6 Å². The summed E-state index contributed by atoms with van der Waals surface area (Å²) in [7, 11) is -6.65. The van der Waals surface area contributed by atoms with Crippen LogP contribution in [0.4, 0.5) is 0 Å². The third kappa shape index (κ3) is 4.78. The first-order chi connectivity index (χ1) is 10.5. The van der Waals surface area contributed by atoms with E-state index in [1.54, 1.807) is 19.1 Å². The normalized spacial score (nSPS) is 23.6. The number of rotatable bonds is 5. The van der Waals surface area contributed by atoms with E-state index < -0.39 is 31.1 Å². The molecule has 1 fully saturated rings. The maximum Gasteiger partial charge on any atom is 0.221 e. The van der Waals surface area contributed by atoms with Gasteiger partial charge in [0, 0.05) is 6.42 Å². The highest BCUT2D eigenvalue weighted by atomic mass is 32.2. The van der Waals surface area contributed by atoms with Gasteiger partial charge in [-0.2, -0.15) is 0 Å².